The van der Waals surface area contributed by atoms with Gasteiger partial charge < -0.3 is 10.1 Å². The minimum Gasteiger partial charge on any atom is -0.378 e. The molecule has 0 bridgehead atoms. The first-order valence-electron chi connectivity index (χ1n) is 7.60. The van der Waals surface area contributed by atoms with Gasteiger partial charge in [0, 0.05) is 31.6 Å². The van der Waals surface area contributed by atoms with E-state index in [4.69, 9.17) is 4.74 Å². The number of hydrogen-bond acceptors (Lipinski definition) is 3. The van der Waals surface area contributed by atoms with Crippen LogP contribution in [0.1, 0.15) is 50.6 Å². The first-order chi connectivity index (χ1) is 9.63. The lowest BCUT2D eigenvalue weighted by atomic mass is 9.83. The maximum Gasteiger partial charge on any atom is 0.228 e. The van der Waals surface area contributed by atoms with Crippen LogP contribution in [0.2, 0.25) is 0 Å². The number of nitrogens with zero attached hydrogens (tertiary/aromatic N) is 2. The molecule has 2 aliphatic rings. The van der Waals surface area contributed by atoms with Crippen LogP contribution in [0.3, 0.4) is 0 Å². The molecule has 1 N–H and O–H groups in total. The van der Waals surface area contributed by atoms with Gasteiger partial charge >= 0.3 is 0 Å². The second kappa shape index (κ2) is 5.56. The topological polar surface area (TPSA) is 56.2 Å². The van der Waals surface area contributed by atoms with E-state index >= 15 is 0 Å². The quantitative estimate of drug-likeness (QED) is 0.923. The van der Waals surface area contributed by atoms with Crippen LogP contribution in [0.5, 0.6) is 0 Å². The van der Waals surface area contributed by atoms with E-state index in [0.29, 0.717) is 12.5 Å². The fraction of sp³-hybridized carbons (Fsp3) is 0.733. The molecule has 1 amide bonds. The van der Waals surface area contributed by atoms with Crippen LogP contribution in [0, 0.1) is 5.92 Å². The molecule has 2 unspecified atom stereocenters. The van der Waals surface area contributed by atoms with Crippen LogP contribution in [0.25, 0.3) is 0 Å². The number of nitrogens with one attached hydrogen (secondary N) is 1. The van der Waals surface area contributed by atoms with Crippen molar-refractivity contribution < 1.29 is 9.53 Å². The van der Waals surface area contributed by atoms with Crippen molar-refractivity contribution in [2.45, 2.75) is 51.0 Å². The zero-order valence-corrected chi connectivity index (χ0v) is 12.3. The minimum atomic E-state index is 0.0563. The smallest absolute Gasteiger partial charge is 0.228 e. The van der Waals surface area contributed by atoms with Gasteiger partial charge in [0.2, 0.25) is 5.91 Å². The number of anilines is 1. The summed E-state index contributed by atoms with van der Waals surface area (Å²) in [6.07, 6.45) is 5.53. The normalized spacial score (nSPS) is 27.1. The Morgan fingerprint density at radius 3 is 2.90 bits per heavy atom. The minimum absolute atomic E-state index is 0.0563. The van der Waals surface area contributed by atoms with Gasteiger partial charge in [0.1, 0.15) is 5.82 Å². The average Bonchev–Trinajstić information content (AvgIpc) is 2.68. The third-order valence-corrected chi connectivity index (χ3v) is 4.53. The highest BCUT2D eigenvalue weighted by Gasteiger charge is 2.27. The van der Waals surface area contributed by atoms with Gasteiger partial charge in [-0.2, -0.15) is 5.10 Å². The van der Waals surface area contributed by atoms with Crippen molar-refractivity contribution in [3.63, 3.8) is 0 Å². The number of aryl methyl sites for hydroxylation is 1. The second-order valence-corrected chi connectivity index (χ2v) is 6.10. The van der Waals surface area contributed by atoms with E-state index in [-0.39, 0.29) is 17.9 Å². The van der Waals surface area contributed by atoms with Crippen LogP contribution >= 0.6 is 0 Å². The maximum atomic E-state index is 12.3. The van der Waals surface area contributed by atoms with E-state index in [1.165, 1.54) is 19.3 Å². The highest BCUT2D eigenvalue weighted by molar-refractivity contribution is 5.91. The first kappa shape index (κ1) is 13.6. The molecular formula is C15H23N3O2. The summed E-state index contributed by atoms with van der Waals surface area (Å²) in [4.78, 5) is 12.3. The van der Waals surface area contributed by atoms with Gasteiger partial charge in [-0.3, -0.25) is 9.48 Å². The van der Waals surface area contributed by atoms with E-state index in [9.17, 15) is 4.79 Å². The summed E-state index contributed by atoms with van der Waals surface area (Å²) in [7, 11) is 1.89. The summed E-state index contributed by atoms with van der Waals surface area (Å²) >= 11 is 0. The molecule has 2 atom stereocenters. The first-order valence-corrected chi connectivity index (χ1v) is 7.60. The van der Waals surface area contributed by atoms with Crippen molar-refractivity contribution in [1.82, 2.24) is 9.78 Å². The third kappa shape index (κ3) is 2.73. The van der Waals surface area contributed by atoms with Gasteiger partial charge in [0.15, 0.2) is 0 Å². The molecule has 2 fully saturated rings. The number of carbonyl (C=O) groups excluding carboxylic acids is 1. The fourth-order valence-corrected chi connectivity index (χ4v) is 2.97. The summed E-state index contributed by atoms with van der Waals surface area (Å²) < 4.78 is 7.28. The molecule has 1 aliphatic carbocycles. The molecule has 0 aromatic carbocycles. The molecule has 1 saturated heterocycles. The third-order valence-electron chi connectivity index (χ3n) is 4.53. The van der Waals surface area contributed by atoms with E-state index in [1.807, 2.05) is 20.0 Å². The number of ether oxygens (including phenoxy) is 1. The lowest BCUT2D eigenvalue weighted by Gasteiger charge is -2.26. The van der Waals surface area contributed by atoms with Crippen LogP contribution in [0.15, 0.2) is 6.07 Å². The molecule has 1 aromatic heterocycles. The summed E-state index contributed by atoms with van der Waals surface area (Å²) in [5.74, 6) is 1.56. The van der Waals surface area contributed by atoms with Crippen molar-refractivity contribution >= 4 is 11.7 Å². The summed E-state index contributed by atoms with van der Waals surface area (Å²) in [6.45, 7) is 2.70. The lowest BCUT2D eigenvalue weighted by molar-refractivity contribution is -0.124. The van der Waals surface area contributed by atoms with Gasteiger partial charge in [0.25, 0.3) is 0 Å². The monoisotopic (exact) mass is 277 g/mol. The van der Waals surface area contributed by atoms with Crippen molar-refractivity contribution in [1.29, 1.82) is 0 Å². The Bertz CT molecular complexity index is 493. The average molecular weight is 277 g/mol. The molecule has 5 nitrogen and oxygen atoms in total. The Kier molecular flexibility index (Phi) is 3.78. The Hall–Kier alpha value is -1.36. The Balaban J connectivity index is 1.64. The molecule has 110 valence electrons. The molecule has 5 heteroatoms. The lowest BCUT2D eigenvalue weighted by Crippen LogP contribution is -2.32. The number of amides is 1. The predicted octanol–water partition coefficient (Wildman–Crippen LogP) is 2.44. The number of rotatable bonds is 3. The predicted molar refractivity (Wildman–Crippen MR) is 76.6 cm³/mol. The maximum absolute atomic E-state index is 12.3. The highest BCUT2D eigenvalue weighted by Crippen LogP contribution is 2.36. The van der Waals surface area contributed by atoms with Crippen LogP contribution in [-0.4, -0.2) is 28.4 Å². The van der Waals surface area contributed by atoms with Crippen molar-refractivity contribution in [2.75, 3.05) is 11.9 Å². The molecule has 0 spiro atoms. The van der Waals surface area contributed by atoms with E-state index in [0.717, 1.165) is 24.4 Å². The zero-order chi connectivity index (χ0) is 14.1. The Morgan fingerprint density at radius 1 is 1.45 bits per heavy atom. The van der Waals surface area contributed by atoms with Crippen LogP contribution in [-0.2, 0) is 16.6 Å². The van der Waals surface area contributed by atoms with E-state index < -0.39 is 0 Å². The summed E-state index contributed by atoms with van der Waals surface area (Å²) in [5.41, 5.74) is 1.12. The van der Waals surface area contributed by atoms with Gasteiger partial charge in [-0.05, 0) is 32.6 Å². The van der Waals surface area contributed by atoms with Crippen molar-refractivity contribution in [3.05, 3.63) is 11.8 Å². The number of aromatic nitrogens is 2. The Morgan fingerprint density at radius 2 is 2.25 bits per heavy atom. The zero-order valence-electron chi connectivity index (χ0n) is 12.3. The standard InChI is InChI=1S/C15H23N3O2/c1-10-8-12(6-7-20-10)15(19)16-14-9-13(17-18(14)2)11-4-3-5-11/h9-12H,3-8H2,1-2H3,(H,16,19). The van der Waals surface area contributed by atoms with Crippen LogP contribution < -0.4 is 5.32 Å². The molecule has 2 heterocycles. The number of carbonyl (C=O) groups is 1. The van der Waals surface area contributed by atoms with Crippen molar-refractivity contribution in [3.8, 4) is 0 Å². The molecule has 3 rings (SSSR count). The molecule has 1 aliphatic heterocycles. The van der Waals surface area contributed by atoms with Crippen molar-refractivity contribution in [2.24, 2.45) is 13.0 Å². The molecule has 20 heavy (non-hydrogen) atoms. The Labute approximate surface area is 119 Å². The molecular weight excluding hydrogens is 254 g/mol. The van der Waals surface area contributed by atoms with E-state index in [1.54, 1.807) is 4.68 Å². The van der Waals surface area contributed by atoms with Crippen LogP contribution in [0.4, 0.5) is 5.82 Å². The fourth-order valence-electron chi connectivity index (χ4n) is 2.97. The number of hydrogen-bond donors (Lipinski definition) is 1. The molecule has 0 radical (unpaired) electrons. The SMILES string of the molecule is CC1CC(C(=O)Nc2cc(C3CCC3)nn2C)CCO1. The largest absolute Gasteiger partial charge is 0.378 e. The van der Waals surface area contributed by atoms with Gasteiger partial charge in [-0.25, -0.2) is 0 Å². The van der Waals surface area contributed by atoms with Gasteiger partial charge in [-0.1, -0.05) is 6.42 Å². The van der Waals surface area contributed by atoms with E-state index in [2.05, 4.69) is 10.4 Å². The second-order valence-electron chi connectivity index (χ2n) is 6.10. The molecule has 1 aromatic rings. The van der Waals surface area contributed by atoms with Gasteiger partial charge in [0.05, 0.1) is 11.8 Å². The summed E-state index contributed by atoms with van der Waals surface area (Å²) in [5, 5.41) is 7.55. The highest BCUT2D eigenvalue weighted by atomic mass is 16.5. The summed E-state index contributed by atoms with van der Waals surface area (Å²) in [6, 6.07) is 2.03. The molecule has 1 saturated carbocycles. The van der Waals surface area contributed by atoms with Gasteiger partial charge in [-0.15, -0.1) is 0 Å².